The van der Waals surface area contributed by atoms with E-state index in [-0.39, 0.29) is 6.04 Å². The third kappa shape index (κ3) is 6.75. The second kappa shape index (κ2) is 11.6. The molecule has 1 unspecified atom stereocenters. The lowest BCUT2D eigenvalue weighted by molar-refractivity contribution is 0.185. The van der Waals surface area contributed by atoms with E-state index in [0.29, 0.717) is 6.61 Å². The molecule has 0 spiro atoms. The first-order valence-electron chi connectivity index (χ1n) is 11.3. The van der Waals surface area contributed by atoms with Crippen LogP contribution in [0.15, 0.2) is 43.5 Å². The molecule has 0 saturated heterocycles. The van der Waals surface area contributed by atoms with Crippen molar-refractivity contribution in [1.82, 2.24) is 25.3 Å². The van der Waals surface area contributed by atoms with Gasteiger partial charge in [0.05, 0.1) is 34.2 Å². The van der Waals surface area contributed by atoms with Crippen LogP contribution in [0, 0.1) is 0 Å². The van der Waals surface area contributed by atoms with Gasteiger partial charge in [0, 0.05) is 43.2 Å². The SMILES string of the molecule is C=C(NC(CCOC)c1cc(NSC2CC2)ccn1)c1ncc(-c2cncc(CCC)n2)s1. The van der Waals surface area contributed by atoms with Crippen LogP contribution in [0.2, 0.25) is 0 Å². The smallest absolute Gasteiger partial charge is 0.139 e. The zero-order valence-corrected chi connectivity index (χ0v) is 20.7. The fraction of sp³-hybridized carbons (Fsp3) is 0.417. The fourth-order valence-corrected chi connectivity index (χ4v) is 4.88. The molecular weight excluding hydrogens is 452 g/mol. The molecule has 0 amide bonds. The zero-order chi connectivity index (χ0) is 23.0. The third-order valence-electron chi connectivity index (χ3n) is 5.17. The highest BCUT2D eigenvalue weighted by molar-refractivity contribution is 8.01. The van der Waals surface area contributed by atoms with Gasteiger partial charge in [0.2, 0.25) is 0 Å². The number of anilines is 1. The van der Waals surface area contributed by atoms with Crippen LogP contribution in [0.4, 0.5) is 5.69 Å². The molecule has 2 N–H and O–H groups in total. The minimum absolute atomic E-state index is 0.0369. The van der Waals surface area contributed by atoms with Gasteiger partial charge in [-0.05, 0) is 49.8 Å². The molecule has 1 saturated carbocycles. The average molecular weight is 483 g/mol. The van der Waals surface area contributed by atoms with E-state index in [2.05, 4.69) is 44.6 Å². The Labute approximate surface area is 203 Å². The van der Waals surface area contributed by atoms with Crippen molar-refractivity contribution in [3.63, 3.8) is 0 Å². The Morgan fingerprint density at radius 1 is 1.30 bits per heavy atom. The molecule has 0 radical (unpaired) electrons. The number of nitrogens with one attached hydrogen (secondary N) is 2. The van der Waals surface area contributed by atoms with Crippen LogP contribution in [0.1, 0.15) is 55.0 Å². The molecule has 3 aromatic heterocycles. The highest BCUT2D eigenvalue weighted by Gasteiger charge is 2.22. The highest BCUT2D eigenvalue weighted by Crippen LogP contribution is 2.35. The normalized spacial score (nSPS) is 14.1. The summed E-state index contributed by atoms with van der Waals surface area (Å²) in [4.78, 5) is 19.3. The predicted molar refractivity (Wildman–Crippen MR) is 137 cm³/mol. The van der Waals surface area contributed by atoms with Crippen molar-refractivity contribution in [1.29, 1.82) is 0 Å². The molecule has 3 aromatic rings. The second-order valence-electron chi connectivity index (χ2n) is 8.02. The second-order valence-corrected chi connectivity index (χ2v) is 10.2. The Morgan fingerprint density at radius 2 is 2.18 bits per heavy atom. The summed E-state index contributed by atoms with van der Waals surface area (Å²) in [6.07, 6.45) is 12.6. The predicted octanol–water partition coefficient (Wildman–Crippen LogP) is 5.51. The third-order valence-corrected chi connectivity index (χ3v) is 7.41. The molecule has 1 aliphatic rings. The van der Waals surface area contributed by atoms with Gasteiger partial charge in [-0.15, -0.1) is 11.3 Å². The van der Waals surface area contributed by atoms with E-state index >= 15 is 0 Å². The quantitative estimate of drug-likeness (QED) is 0.309. The van der Waals surface area contributed by atoms with Gasteiger partial charge in [-0.2, -0.15) is 0 Å². The van der Waals surface area contributed by atoms with Crippen LogP contribution >= 0.6 is 23.3 Å². The molecule has 1 fully saturated rings. The van der Waals surface area contributed by atoms with Gasteiger partial charge >= 0.3 is 0 Å². The minimum atomic E-state index is -0.0369. The van der Waals surface area contributed by atoms with Crippen molar-refractivity contribution in [3.8, 4) is 10.6 Å². The Morgan fingerprint density at radius 3 is 2.97 bits per heavy atom. The molecule has 33 heavy (non-hydrogen) atoms. The van der Waals surface area contributed by atoms with Gasteiger partial charge in [-0.3, -0.25) is 9.97 Å². The highest BCUT2D eigenvalue weighted by atomic mass is 32.2. The Kier molecular flexibility index (Phi) is 8.30. The number of rotatable bonds is 13. The zero-order valence-electron chi connectivity index (χ0n) is 19.1. The first kappa shape index (κ1) is 23.7. The number of nitrogens with zero attached hydrogens (tertiary/aromatic N) is 4. The Bertz CT molecular complexity index is 1070. The van der Waals surface area contributed by atoms with Gasteiger partial charge in [-0.25, -0.2) is 9.97 Å². The summed E-state index contributed by atoms with van der Waals surface area (Å²) < 4.78 is 8.80. The molecule has 4 rings (SSSR count). The summed E-state index contributed by atoms with van der Waals surface area (Å²) in [7, 11) is 1.71. The van der Waals surface area contributed by atoms with Crippen molar-refractivity contribution in [2.24, 2.45) is 0 Å². The maximum absolute atomic E-state index is 5.35. The fourth-order valence-electron chi connectivity index (χ4n) is 3.28. The first-order chi connectivity index (χ1) is 16.2. The number of ether oxygens (including phenoxy) is 1. The van der Waals surface area contributed by atoms with Gasteiger partial charge in [0.25, 0.3) is 0 Å². The van der Waals surface area contributed by atoms with E-state index in [1.165, 1.54) is 12.8 Å². The summed E-state index contributed by atoms with van der Waals surface area (Å²) in [6, 6.07) is 4.06. The molecule has 7 nitrogen and oxygen atoms in total. The summed E-state index contributed by atoms with van der Waals surface area (Å²) in [5.41, 5.74) is 4.62. The topological polar surface area (TPSA) is 84.9 Å². The van der Waals surface area contributed by atoms with Gasteiger partial charge in [0.15, 0.2) is 0 Å². The van der Waals surface area contributed by atoms with Crippen LogP contribution in [-0.4, -0.2) is 38.9 Å². The van der Waals surface area contributed by atoms with E-state index < -0.39 is 0 Å². The molecule has 174 valence electrons. The van der Waals surface area contributed by atoms with Crippen molar-refractivity contribution < 1.29 is 4.74 Å². The minimum Gasteiger partial charge on any atom is -0.385 e. The summed E-state index contributed by atoms with van der Waals surface area (Å²) >= 11 is 3.35. The molecule has 3 heterocycles. The number of hydrogen-bond acceptors (Lipinski definition) is 9. The number of aryl methyl sites for hydroxylation is 1. The lowest BCUT2D eigenvalue weighted by Crippen LogP contribution is -2.22. The largest absolute Gasteiger partial charge is 0.385 e. The van der Waals surface area contributed by atoms with Crippen LogP contribution in [0.25, 0.3) is 16.3 Å². The van der Waals surface area contributed by atoms with E-state index in [0.717, 1.165) is 62.9 Å². The maximum Gasteiger partial charge on any atom is 0.139 e. The molecule has 0 bridgehead atoms. The van der Waals surface area contributed by atoms with Crippen molar-refractivity contribution >= 4 is 34.7 Å². The van der Waals surface area contributed by atoms with Crippen LogP contribution in [0.5, 0.6) is 0 Å². The lowest BCUT2D eigenvalue weighted by atomic mass is 10.1. The van der Waals surface area contributed by atoms with Gasteiger partial charge < -0.3 is 14.8 Å². The van der Waals surface area contributed by atoms with Crippen molar-refractivity contribution in [3.05, 3.63) is 59.9 Å². The standard InChI is InChI=1S/C24H30N6OS2/c1-4-5-18-13-25-14-22(29-18)23-15-27-24(32-23)16(2)28-20(9-11-31-3)21-12-17(8-10-26-21)30-33-19-6-7-19/h8,10,12-15,19-20,28H,2,4-7,9,11H2,1,3H3,(H,26,30). The van der Waals surface area contributed by atoms with E-state index in [9.17, 15) is 0 Å². The summed E-state index contributed by atoms with van der Waals surface area (Å²) in [5.74, 6) is 0. The molecule has 1 aliphatic carbocycles. The average Bonchev–Trinajstić information content (AvgIpc) is 3.54. The lowest BCUT2D eigenvalue weighted by Gasteiger charge is -2.20. The molecule has 1 atom stereocenters. The van der Waals surface area contributed by atoms with Crippen LogP contribution in [-0.2, 0) is 11.2 Å². The van der Waals surface area contributed by atoms with E-state index in [4.69, 9.17) is 9.72 Å². The Balaban J connectivity index is 1.46. The van der Waals surface area contributed by atoms with Crippen LogP contribution < -0.4 is 10.0 Å². The summed E-state index contributed by atoms with van der Waals surface area (Å²) in [5, 5.41) is 5.08. The number of aromatic nitrogens is 4. The first-order valence-corrected chi connectivity index (χ1v) is 13.0. The number of methoxy groups -OCH3 is 1. The molecule has 0 aromatic carbocycles. The molecular formula is C24H30N6OS2. The number of thiazole rings is 1. The van der Waals surface area contributed by atoms with Crippen LogP contribution in [0.3, 0.4) is 0 Å². The maximum atomic E-state index is 5.35. The summed E-state index contributed by atoms with van der Waals surface area (Å²) in [6.45, 7) is 7.01. The van der Waals surface area contributed by atoms with E-state index in [1.54, 1.807) is 36.6 Å². The van der Waals surface area contributed by atoms with Gasteiger partial charge in [0.1, 0.15) is 10.7 Å². The van der Waals surface area contributed by atoms with Gasteiger partial charge in [-0.1, -0.05) is 19.9 Å². The van der Waals surface area contributed by atoms with Crippen molar-refractivity contribution in [2.45, 2.75) is 50.3 Å². The molecule has 0 aliphatic heterocycles. The monoisotopic (exact) mass is 482 g/mol. The number of hydrogen-bond donors (Lipinski definition) is 2. The number of pyridine rings is 1. The molecule has 9 heteroatoms. The van der Waals surface area contributed by atoms with Crippen molar-refractivity contribution in [2.75, 3.05) is 18.4 Å². The Hall–Kier alpha value is -2.49. The van der Waals surface area contributed by atoms with E-state index in [1.807, 2.05) is 24.7 Å².